The summed E-state index contributed by atoms with van der Waals surface area (Å²) >= 11 is 3.40. The summed E-state index contributed by atoms with van der Waals surface area (Å²) in [5.74, 6) is 0.166. The fraction of sp³-hybridized carbons (Fsp3) is 0.462. The van der Waals surface area contributed by atoms with Gasteiger partial charge in [0.05, 0.1) is 0 Å². The average molecular weight is 300 g/mol. The van der Waals surface area contributed by atoms with Crippen LogP contribution in [0.1, 0.15) is 18.9 Å². The van der Waals surface area contributed by atoms with Crippen LogP contribution in [0.25, 0.3) is 0 Å². The van der Waals surface area contributed by atoms with E-state index in [0.29, 0.717) is 25.3 Å². The maximum absolute atomic E-state index is 13.3. The van der Waals surface area contributed by atoms with Crippen LogP contribution in [0, 0.1) is 11.7 Å². The first kappa shape index (κ1) is 12.6. The van der Waals surface area contributed by atoms with Gasteiger partial charge in [0.2, 0.25) is 5.91 Å². The van der Waals surface area contributed by atoms with Crippen molar-refractivity contribution in [2.45, 2.75) is 19.8 Å². The fourth-order valence-electron chi connectivity index (χ4n) is 2.07. The molecule has 0 fully saturated rings. The van der Waals surface area contributed by atoms with E-state index in [1.807, 2.05) is 0 Å². The molecule has 1 aromatic rings. The first-order valence-electron chi connectivity index (χ1n) is 5.76. The highest BCUT2D eigenvalue weighted by Crippen LogP contribution is 2.29. The van der Waals surface area contributed by atoms with Crippen LogP contribution in [0.15, 0.2) is 18.2 Å². The maximum Gasteiger partial charge on any atom is 0.227 e. The zero-order chi connectivity index (χ0) is 12.4. The smallest absolute Gasteiger partial charge is 0.227 e. The summed E-state index contributed by atoms with van der Waals surface area (Å²) in [4.78, 5) is 13.6. The topological polar surface area (TPSA) is 20.3 Å². The molecule has 0 saturated carbocycles. The Hall–Kier alpha value is -0.900. The molecule has 0 aromatic heterocycles. The highest BCUT2D eigenvalue weighted by Gasteiger charge is 2.25. The lowest BCUT2D eigenvalue weighted by Gasteiger charge is -2.31. The third kappa shape index (κ3) is 2.68. The van der Waals surface area contributed by atoms with Crippen LogP contribution in [-0.2, 0) is 11.2 Å². The van der Waals surface area contributed by atoms with Gasteiger partial charge in [0, 0.05) is 24.0 Å². The van der Waals surface area contributed by atoms with Crippen molar-refractivity contribution in [3.8, 4) is 0 Å². The van der Waals surface area contributed by atoms with Crippen LogP contribution in [-0.4, -0.2) is 17.8 Å². The number of carbonyl (C=O) groups excluding carboxylic acids is 1. The predicted molar refractivity (Wildman–Crippen MR) is 70.0 cm³/mol. The van der Waals surface area contributed by atoms with Gasteiger partial charge < -0.3 is 4.90 Å². The normalized spacial score (nSPS) is 16.9. The molecular formula is C13H15BrFNO. The van der Waals surface area contributed by atoms with Crippen LogP contribution in [0.3, 0.4) is 0 Å². The number of benzene rings is 1. The Morgan fingerprint density at radius 3 is 2.94 bits per heavy atom. The average Bonchev–Trinajstić information content (AvgIpc) is 2.32. The molecule has 1 heterocycles. The Kier molecular flexibility index (Phi) is 3.82. The van der Waals surface area contributed by atoms with E-state index in [9.17, 15) is 9.18 Å². The minimum atomic E-state index is -0.282. The molecule has 1 aromatic carbocycles. The third-order valence-electron chi connectivity index (χ3n) is 3.01. The van der Waals surface area contributed by atoms with E-state index in [1.54, 1.807) is 11.0 Å². The van der Waals surface area contributed by atoms with Gasteiger partial charge in [-0.3, -0.25) is 4.79 Å². The molecule has 1 aliphatic rings. The summed E-state index contributed by atoms with van der Waals surface area (Å²) in [5, 5.41) is 0.835. The van der Waals surface area contributed by atoms with E-state index in [2.05, 4.69) is 22.9 Å². The number of nitrogens with zero attached hydrogens (tertiary/aromatic N) is 1. The first-order chi connectivity index (χ1) is 8.11. The van der Waals surface area contributed by atoms with Gasteiger partial charge in [0.15, 0.2) is 0 Å². The first-order valence-corrected chi connectivity index (χ1v) is 6.88. The zero-order valence-electron chi connectivity index (χ0n) is 9.75. The predicted octanol–water partition coefficient (Wildman–Crippen LogP) is 3.14. The number of amides is 1. The molecule has 1 unspecified atom stereocenters. The van der Waals surface area contributed by atoms with Gasteiger partial charge in [-0.2, -0.15) is 0 Å². The van der Waals surface area contributed by atoms with Crippen LogP contribution < -0.4 is 4.90 Å². The lowest BCUT2D eigenvalue weighted by Crippen LogP contribution is -2.38. The molecule has 0 saturated heterocycles. The van der Waals surface area contributed by atoms with Crippen LogP contribution in [0.2, 0.25) is 0 Å². The minimum absolute atomic E-state index is 0.0934. The number of hydrogen-bond acceptors (Lipinski definition) is 1. The van der Waals surface area contributed by atoms with Gasteiger partial charge in [0.1, 0.15) is 5.82 Å². The summed E-state index contributed by atoms with van der Waals surface area (Å²) in [6.45, 7) is 2.70. The molecule has 2 rings (SSSR count). The van der Waals surface area contributed by atoms with Gasteiger partial charge in [-0.15, -0.1) is 0 Å². The fourth-order valence-corrected chi connectivity index (χ4v) is 2.28. The summed E-state index contributed by atoms with van der Waals surface area (Å²) in [5.41, 5.74) is 1.81. The second-order valence-electron chi connectivity index (χ2n) is 4.54. The second kappa shape index (κ2) is 5.17. The van der Waals surface area contributed by atoms with Crippen molar-refractivity contribution in [2.75, 3.05) is 16.8 Å². The van der Waals surface area contributed by atoms with Gasteiger partial charge in [-0.1, -0.05) is 28.9 Å². The Labute approximate surface area is 109 Å². The molecule has 92 valence electrons. The van der Waals surface area contributed by atoms with Gasteiger partial charge >= 0.3 is 0 Å². The molecule has 17 heavy (non-hydrogen) atoms. The number of aryl methyl sites for hydroxylation is 1. The number of rotatable bonds is 3. The zero-order valence-corrected chi connectivity index (χ0v) is 11.3. The molecular weight excluding hydrogens is 285 g/mol. The van der Waals surface area contributed by atoms with E-state index in [0.717, 1.165) is 16.6 Å². The Morgan fingerprint density at radius 2 is 2.24 bits per heavy atom. The Morgan fingerprint density at radius 1 is 1.47 bits per heavy atom. The third-order valence-corrected chi connectivity index (χ3v) is 4.11. The summed E-state index contributed by atoms with van der Waals surface area (Å²) in [7, 11) is 0. The molecule has 0 N–H and O–H groups in total. The van der Waals surface area contributed by atoms with Crippen molar-refractivity contribution in [1.29, 1.82) is 0 Å². The van der Waals surface area contributed by atoms with Gasteiger partial charge in [-0.05, 0) is 30.0 Å². The Bertz CT molecular complexity index is 435. The van der Waals surface area contributed by atoms with E-state index < -0.39 is 0 Å². The number of halogens is 2. The van der Waals surface area contributed by atoms with Crippen LogP contribution >= 0.6 is 15.9 Å². The molecule has 0 bridgehead atoms. The molecule has 2 nitrogen and oxygen atoms in total. The lowest BCUT2D eigenvalue weighted by molar-refractivity contribution is -0.119. The summed E-state index contributed by atoms with van der Waals surface area (Å²) in [6.07, 6.45) is 1.24. The summed E-state index contributed by atoms with van der Waals surface area (Å²) < 4.78 is 13.3. The highest BCUT2D eigenvalue weighted by molar-refractivity contribution is 9.09. The van der Waals surface area contributed by atoms with Gasteiger partial charge in [-0.25, -0.2) is 4.39 Å². The van der Waals surface area contributed by atoms with E-state index >= 15 is 0 Å². The quantitative estimate of drug-likeness (QED) is 0.785. The number of carbonyl (C=O) groups is 1. The number of anilines is 1. The SMILES string of the molecule is CC(CBr)CN1C(=O)CCc2ccc(F)cc21. The molecule has 0 radical (unpaired) electrons. The van der Waals surface area contributed by atoms with Crippen molar-refractivity contribution >= 4 is 27.5 Å². The molecule has 0 aliphatic carbocycles. The molecule has 1 atom stereocenters. The molecule has 1 aliphatic heterocycles. The van der Waals surface area contributed by atoms with Crippen molar-refractivity contribution in [1.82, 2.24) is 0 Å². The highest BCUT2D eigenvalue weighted by atomic mass is 79.9. The minimum Gasteiger partial charge on any atom is -0.312 e. The largest absolute Gasteiger partial charge is 0.312 e. The van der Waals surface area contributed by atoms with Crippen molar-refractivity contribution in [3.05, 3.63) is 29.6 Å². The van der Waals surface area contributed by atoms with Crippen molar-refractivity contribution < 1.29 is 9.18 Å². The van der Waals surface area contributed by atoms with Gasteiger partial charge in [0.25, 0.3) is 0 Å². The number of alkyl halides is 1. The number of fused-ring (bicyclic) bond motifs is 1. The van der Waals surface area contributed by atoms with Crippen molar-refractivity contribution in [2.24, 2.45) is 5.92 Å². The van der Waals surface area contributed by atoms with E-state index in [4.69, 9.17) is 0 Å². The maximum atomic E-state index is 13.3. The number of hydrogen-bond donors (Lipinski definition) is 0. The monoisotopic (exact) mass is 299 g/mol. The molecule has 1 amide bonds. The van der Waals surface area contributed by atoms with Crippen LogP contribution in [0.5, 0.6) is 0 Å². The van der Waals surface area contributed by atoms with E-state index in [1.165, 1.54) is 12.1 Å². The Balaban J connectivity index is 2.32. The molecule has 4 heteroatoms. The second-order valence-corrected chi connectivity index (χ2v) is 5.18. The lowest BCUT2D eigenvalue weighted by atomic mass is 10.00. The molecule has 0 spiro atoms. The van der Waals surface area contributed by atoms with Crippen LogP contribution in [0.4, 0.5) is 10.1 Å². The summed E-state index contributed by atoms with van der Waals surface area (Å²) in [6, 6.07) is 4.71. The van der Waals surface area contributed by atoms with Crippen molar-refractivity contribution in [3.63, 3.8) is 0 Å². The van der Waals surface area contributed by atoms with E-state index in [-0.39, 0.29) is 11.7 Å². The standard InChI is InChI=1S/C13H15BrFNO/c1-9(7-14)8-16-12-6-11(15)4-2-10(12)3-5-13(16)17/h2,4,6,9H,3,5,7-8H2,1H3.